The van der Waals surface area contributed by atoms with Crippen molar-refractivity contribution in [3.63, 3.8) is 0 Å². The maximum absolute atomic E-state index is 14.8. The fourth-order valence-corrected chi connectivity index (χ4v) is 9.14. The zero-order chi connectivity index (χ0) is 40.8. The number of ether oxygens (including phenoxy) is 3. The summed E-state index contributed by atoms with van der Waals surface area (Å²) in [6, 6.07) is 3.19. The molecule has 0 spiro atoms. The van der Waals surface area contributed by atoms with E-state index < -0.39 is 92.2 Å². The van der Waals surface area contributed by atoms with Crippen LogP contribution in [0.4, 0.5) is 13.6 Å². The van der Waals surface area contributed by atoms with E-state index in [0.717, 1.165) is 0 Å². The first-order valence-electron chi connectivity index (χ1n) is 19.0. The minimum Gasteiger partial charge on any atom is -0.481 e. The number of allylic oxidation sites excluding steroid dienone is 1. The van der Waals surface area contributed by atoms with E-state index in [1.54, 1.807) is 32.9 Å². The van der Waals surface area contributed by atoms with E-state index in [0.29, 0.717) is 30.0 Å². The van der Waals surface area contributed by atoms with Gasteiger partial charge in [-0.05, 0) is 94.7 Å². The first-order valence-corrected chi connectivity index (χ1v) is 20.5. The number of alkyl carbamates (subject to hydrolysis) is 1. The van der Waals surface area contributed by atoms with Gasteiger partial charge in [0, 0.05) is 23.8 Å². The first-order chi connectivity index (χ1) is 26.3. The fraction of sp³-hybridized carbons (Fsp3) is 0.615. The highest BCUT2D eigenvalue weighted by atomic mass is 32.2. The number of sulfonamides is 1. The quantitative estimate of drug-likeness (QED) is 0.323. The molecule has 1 aromatic carbocycles. The van der Waals surface area contributed by atoms with E-state index >= 15 is 0 Å². The topological polar surface area (TPSA) is 182 Å². The second-order valence-corrected chi connectivity index (χ2v) is 18.9. The second-order valence-electron chi connectivity index (χ2n) is 16.8. The summed E-state index contributed by atoms with van der Waals surface area (Å²) in [5, 5.41) is 6.43. The number of methoxy groups -OCH3 is 1. The molecule has 2 aliphatic carbocycles. The number of carbonyl (C=O) groups excluding carboxylic acids is 4. The maximum atomic E-state index is 14.8. The highest BCUT2D eigenvalue weighted by molar-refractivity contribution is 7.91. The number of nitrogens with zero attached hydrogens (tertiary/aromatic N) is 2. The van der Waals surface area contributed by atoms with Gasteiger partial charge in [-0.25, -0.2) is 22.0 Å². The monoisotopic (exact) mass is 803 g/mol. The number of amides is 4. The molecular formula is C39H51F2N5O9S. The van der Waals surface area contributed by atoms with Crippen LogP contribution in [0.25, 0.3) is 10.8 Å². The number of nitrogens with one attached hydrogen (secondary N) is 3. The van der Waals surface area contributed by atoms with Crippen LogP contribution in [0.5, 0.6) is 11.8 Å². The number of fused-ring (bicyclic) bond motifs is 3. The highest BCUT2D eigenvalue weighted by Crippen LogP contribution is 2.48. The molecule has 2 aliphatic heterocycles. The molecule has 1 saturated heterocycles. The summed E-state index contributed by atoms with van der Waals surface area (Å²) < 4.78 is 72.0. The zero-order valence-electron chi connectivity index (χ0n) is 32.5. The summed E-state index contributed by atoms with van der Waals surface area (Å²) >= 11 is 0. The number of halogens is 2. The van der Waals surface area contributed by atoms with Gasteiger partial charge in [-0.15, -0.1) is 0 Å². The van der Waals surface area contributed by atoms with Gasteiger partial charge < -0.3 is 29.7 Å². The molecule has 3 N–H and O–H groups in total. The van der Waals surface area contributed by atoms with Crippen molar-refractivity contribution in [3.05, 3.63) is 42.2 Å². The molecule has 3 heterocycles. The molecule has 56 heavy (non-hydrogen) atoms. The number of rotatable bonds is 8. The molecule has 7 atom stereocenters. The van der Waals surface area contributed by atoms with Crippen LogP contribution in [0.3, 0.4) is 0 Å². The van der Waals surface area contributed by atoms with Crippen LogP contribution in [-0.2, 0) is 29.1 Å². The number of hydrogen-bond acceptors (Lipinski definition) is 10. The summed E-state index contributed by atoms with van der Waals surface area (Å²) in [4.78, 5) is 62.0. The van der Waals surface area contributed by atoms with Crippen LogP contribution >= 0.6 is 0 Å². The Kier molecular flexibility index (Phi) is 11.3. The Bertz CT molecular complexity index is 2020. The first kappa shape index (κ1) is 41.1. The molecule has 17 heteroatoms. The van der Waals surface area contributed by atoms with Gasteiger partial charge in [0.25, 0.3) is 5.91 Å². The summed E-state index contributed by atoms with van der Waals surface area (Å²) in [5.74, 6) is -3.51. The molecule has 306 valence electrons. The van der Waals surface area contributed by atoms with Crippen molar-refractivity contribution < 1.29 is 50.6 Å². The lowest BCUT2D eigenvalue weighted by Crippen LogP contribution is -2.59. The molecule has 0 radical (unpaired) electrons. The van der Waals surface area contributed by atoms with E-state index in [2.05, 4.69) is 20.3 Å². The summed E-state index contributed by atoms with van der Waals surface area (Å²) in [6.07, 6.45) is 3.94. The number of aromatic nitrogens is 1. The normalized spacial score (nSPS) is 29.8. The molecular weight excluding hydrogens is 753 g/mol. The molecule has 3 fully saturated rings. The van der Waals surface area contributed by atoms with Crippen LogP contribution in [0.15, 0.2) is 36.4 Å². The zero-order valence-corrected chi connectivity index (χ0v) is 33.3. The molecule has 2 saturated carbocycles. The van der Waals surface area contributed by atoms with E-state index in [1.165, 1.54) is 30.2 Å². The number of hydrogen-bond donors (Lipinski definition) is 3. The van der Waals surface area contributed by atoms with Gasteiger partial charge in [0.05, 0.1) is 13.7 Å². The molecule has 6 rings (SSSR count). The predicted molar refractivity (Wildman–Crippen MR) is 201 cm³/mol. The van der Waals surface area contributed by atoms with Gasteiger partial charge in [-0.1, -0.05) is 26.0 Å². The largest absolute Gasteiger partial charge is 0.481 e. The van der Waals surface area contributed by atoms with E-state index in [4.69, 9.17) is 14.2 Å². The van der Waals surface area contributed by atoms with Gasteiger partial charge in [0.2, 0.25) is 33.6 Å². The third-order valence-electron chi connectivity index (χ3n) is 11.2. The lowest BCUT2D eigenvalue weighted by molar-refractivity contribution is -0.142. The smallest absolute Gasteiger partial charge is 0.408 e. The van der Waals surface area contributed by atoms with Crippen molar-refractivity contribution >= 4 is 44.6 Å². The fourth-order valence-electron chi connectivity index (χ4n) is 7.71. The number of carbonyl (C=O) groups is 4. The molecule has 0 unspecified atom stereocenters. The summed E-state index contributed by atoms with van der Waals surface area (Å²) in [5.41, 5.74) is -2.56. The molecule has 14 nitrogen and oxygen atoms in total. The van der Waals surface area contributed by atoms with Crippen molar-refractivity contribution in [3.8, 4) is 11.8 Å². The maximum Gasteiger partial charge on any atom is 0.408 e. The van der Waals surface area contributed by atoms with Gasteiger partial charge >= 0.3 is 6.09 Å². The standard InChI is InChI=1S/C39H51F2N5O9S/c1-22-9-7-8-10-25-19-39(25,35(49)45-56(51,52)38(21-40)13-14-38)44-32(47)29-18-27(54-33-28-12-11-26(41)16-24(28)17-30(42-33)53-6)20-46(29)34(48)31(23(2)15-22)43-36(50)55-37(3,4)5/h8,10-12,16-17,22-23,25,27,29,31H,7,9,13-15,18-21H2,1-6H3,(H,43,50)(H,44,47)(H,45,49)/b10-8-/t22-,23-,25-,27-,29+,31+,39-/m1/s1. The number of alkyl halides is 1. The average molecular weight is 804 g/mol. The van der Waals surface area contributed by atoms with Crippen molar-refractivity contribution in [2.75, 3.05) is 20.3 Å². The van der Waals surface area contributed by atoms with Crippen LogP contribution < -0.4 is 24.8 Å². The molecule has 2 aromatic rings. The lowest BCUT2D eigenvalue weighted by Gasteiger charge is -2.33. The predicted octanol–water partition coefficient (Wildman–Crippen LogP) is 4.46. The summed E-state index contributed by atoms with van der Waals surface area (Å²) in [6.45, 7) is 7.66. The van der Waals surface area contributed by atoms with Crippen LogP contribution in [0, 0.1) is 23.6 Å². The third kappa shape index (κ3) is 8.56. The minimum absolute atomic E-state index is 0.0663. The highest BCUT2D eigenvalue weighted by Gasteiger charge is 2.64. The number of benzene rings is 1. The van der Waals surface area contributed by atoms with Gasteiger partial charge in [0.15, 0.2) is 0 Å². The van der Waals surface area contributed by atoms with E-state index in [1.807, 2.05) is 19.9 Å². The Balaban J connectivity index is 1.36. The van der Waals surface area contributed by atoms with Crippen LogP contribution in [0.2, 0.25) is 0 Å². The average Bonchev–Trinajstić information content (AvgIpc) is 4.02. The SMILES string of the molecule is COc1cc2cc(F)ccc2c(O[C@@H]2C[C@H]3C(=O)N[C@]4(C(=O)NS(=O)(=O)C5(CF)CC5)C[C@H]4/C=C\CC[C@@H](C)C[C@@H](C)[C@H](NC(=O)OC(C)(C)C)C(=O)N3C2)n1. The lowest BCUT2D eigenvalue weighted by atomic mass is 9.88. The Labute approximate surface area is 325 Å². The minimum atomic E-state index is -4.41. The van der Waals surface area contributed by atoms with E-state index in [9.17, 15) is 36.4 Å². The Morgan fingerprint density at radius 1 is 1.12 bits per heavy atom. The molecule has 0 bridgehead atoms. The Morgan fingerprint density at radius 3 is 2.52 bits per heavy atom. The molecule has 4 aliphatic rings. The van der Waals surface area contributed by atoms with E-state index in [-0.39, 0.29) is 49.9 Å². The van der Waals surface area contributed by atoms with Crippen LogP contribution in [0.1, 0.15) is 79.6 Å². The van der Waals surface area contributed by atoms with Crippen molar-refractivity contribution in [1.29, 1.82) is 0 Å². The Morgan fingerprint density at radius 2 is 1.86 bits per heavy atom. The third-order valence-corrected chi connectivity index (χ3v) is 13.3. The number of pyridine rings is 1. The van der Waals surface area contributed by atoms with Crippen LogP contribution in [-0.4, -0.2) is 96.5 Å². The Hall–Kier alpha value is -4.54. The molecule has 1 aromatic heterocycles. The molecule has 4 amide bonds. The van der Waals surface area contributed by atoms with Gasteiger partial charge in [-0.2, -0.15) is 4.98 Å². The van der Waals surface area contributed by atoms with Crippen molar-refractivity contribution in [2.45, 2.75) is 114 Å². The van der Waals surface area contributed by atoms with Gasteiger partial charge in [-0.3, -0.25) is 19.1 Å². The second kappa shape index (κ2) is 15.4. The van der Waals surface area contributed by atoms with Crippen molar-refractivity contribution in [1.82, 2.24) is 25.2 Å². The van der Waals surface area contributed by atoms with Crippen molar-refractivity contribution in [2.24, 2.45) is 17.8 Å². The summed E-state index contributed by atoms with van der Waals surface area (Å²) in [7, 11) is -3.02. The van der Waals surface area contributed by atoms with Gasteiger partial charge in [0.1, 0.15) is 46.6 Å².